The topological polar surface area (TPSA) is 70.5 Å². The second kappa shape index (κ2) is 6.39. The number of hydrogen-bond donors (Lipinski definition) is 1. The van der Waals surface area contributed by atoms with Gasteiger partial charge in [-0.05, 0) is 36.8 Å². The van der Waals surface area contributed by atoms with Crippen molar-refractivity contribution in [2.24, 2.45) is 5.92 Å². The van der Waals surface area contributed by atoms with Crippen LogP contribution >= 0.6 is 11.6 Å². The minimum Gasteiger partial charge on any atom is -0.388 e. The van der Waals surface area contributed by atoms with E-state index < -0.39 is 16.1 Å². The first-order valence-corrected chi connectivity index (χ1v) is 8.83. The van der Waals surface area contributed by atoms with E-state index in [1.165, 1.54) is 10.6 Å². The summed E-state index contributed by atoms with van der Waals surface area (Å²) in [5.74, 6) is 0.171. The number of aromatic nitrogens is 1. The number of aliphatic hydroxyl groups excluding tert-OH is 1. The van der Waals surface area contributed by atoms with Crippen molar-refractivity contribution < 1.29 is 13.5 Å². The predicted octanol–water partition coefficient (Wildman–Crippen LogP) is 1.83. The fraction of sp³-hybridized carbons (Fsp3) is 0.615. The molecule has 0 aliphatic carbocycles. The Balaban J connectivity index is 1.97. The zero-order valence-electron chi connectivity index (χ0n) is 11.4. The Kier molecular flexibility index (Phi) is 5.01. The molecule has 112 valence electrons. The van der Waals surface area contributed by atoms with E-state index >= 15 is 0 Å². The molecule has 1 aromatic rings. The first-order chi connectivity index (χ1) is 9.36. The third-order valence-corrected chi connectivity index (χ3v) is 5.14. The Morgan fingerprint density at radius 2 is 2.30 bits per heavy atom. The Morgan fingerprint density at radius 1 is 1.55 bits per heavy atom. The SMILES string of the molecule is CS(=O)(=O)N1CCCC(CC(O)c2ccc(Cl)nc2)C1. The van der Waals surface area contributed by atoms with Crippen LogP contribution in [0.1, 0.15) is 30.9 Å². The molecule has 1 aliphatic rings. The number of rotatable bonds is 4. The molecule has 20 heavy (non-hydrogen) atoms. The molecular formula is C13H19ClN2O3S. The number of sulfonamides is 1. The Labute approximate surface area is 124 Å². The van der Waals surface area contributed by atoms with Crippen LogP contribution in [0, 0.1) is 5.92 Å². The third kappa shape index (κ3) is 4.15. The minimum atomic E-state index is -3.14. The fourth-order valence-electron chi connectivity index (χ4n) is 2.56. The van der Waals surface area contributed by atoms with E-state index in [2.05, 4.69) is 4.98 Å². The van der Waals surface area contributed by atoms with E-state index in [0.29, 0.717) is 30.2 Å². The van der Waals surface area contributed by atoms with Crippen LogP contribution in [0.2, 0.25) is 5.15 Å². The number of hydrogen-bond acceptors (Lipinski definition) is 4. The van der Waals surface area contributed by atoms with Gasteiger partial charge in [0.05, 0.1) is 12.4 Å². The highest BCUT2D eigenvalue weighted by Gasteiger charge is 2.27. The van der Waals surface area contributed by atoms with Crippen molar-refractivity contribution >= 4 is 21.6 Å². The summed E-state index contributed by atoms with van der Waals surface area (Å²) >= 11 is 5.71. The number of piperidine rings is 1. The molecule has 0 spiro atoms. The van der Waals surface area contributed by atoms with Crippen LogP contribution in [0.4, 0.5) is 0 Å². The van der Waals surface area contributed by atoms with Crippen molar-refractivity contribution in [3.05, 3.63) is 29.0 Å². The Hall–Kier alpha value is -0.690. The molecule has 2 atom stereocenters. The van der Waals surface area contributed by atoms with Crippen LogP contribution in [-0.2, 0) is 10.0 Å². The molecule has 0 radical (unpaired) electrons. The molecule has 0 bridgehead atoms. The average molecular weight is 319 g/mol. The molecule has 1 fully saturated rings. The predicted molar refractivity (Wildman–Crippen MR) is 78.0 cm³/mol. The molecular weight excluding hydrogens is 300 g/mol. The molecule has 1 N–H and O–H groups in total. The summed E-state index contributed by atoms with van der Waals surface area (Å²) < 4.78 is 24.6. The van der Waals surface area contributed by atoms with Crippen LogP contribution in [0.3, 0.4) is 0 Å². The average Bonchev–Trinajstić information content (AvgIpc) is 2.38. The highest BCUT2D eigenvalue weighted by atomic mass is 35.5. The van der Waals surface area contributed by atoms with E-state index in [1.54, 1.807) is 18.3 Å². The van der Waals surface area contributed by atoms with Crippen LogP contribution in [0.5, 0.6) is 0 Å². The zero-order valence-corrected chi connectivity index (χ0v) is 12.9. The van der Waals surface area contributed by atoms with Gasteiger partial charge < -0.3 is 5.11 Å². The molecule has 1 aliphatic heterocycles. The smallest absolute Gasteiger partial charge is 0.211 e. The molecule has 1 saturated heterocycles. The van der Waals surface area contributed by atoms with Crippen molar-refractivity contribution in [3.63, 3.8) is 0 Å². The molecule has 7 heteroatoms. The number of halogens is 1. The monoisotopic (exact) mass is 318 g/mol. The van der Waals surface area contributed by atoms with Gasteiger partial charge >= 0.3 is 0 Å². The third-order valence-electron chi connectivity index (χ3n) is 3.64. The molecule has 1 aromatic heterocycles. The molecule has 0 saturated carbocycles. The van der Waals surface area contributed by atoms with Crippen LogP contribution in [0.25, 0.3) is 0 Å². The normalized spacial score (nSPS) is 22.6. The van der Waals surface area contributed by atoms with Crippen molar-refractivity contribution in [1.29, 1.82) is 0 Å². The summed E-state index contributed by atoms with van der Waals surface area (Å²) in [4.78, 5) is 3.95. The van der Waals surface area contributed by atoms with E-state index in [4.69, 9.17) is 11.6 Å². The summed E-state index contributed by atoms with van der Waals surface area (Å²) in [7, 11) is -3.14. The van der Waals surface area contributed by atoms with Crippen molar-refractivity contribution in [3.8, 4) is 0 Å². The summed E-state index contributed by atoms with van der Waals surface area (Å²) in [6, 6.07) is 3.39. The van der Waals surface area contributed by atoms with E-state index in [9.17, 15) is 13.5 Å². The van der Waals surface area contributed by atoms with Gasteiger partial charge in [-0.3, -0.25) is 0 Å². The quantitative estimate of drug-likeness (QED) is 0.860. The van der Waals surface area contributed by atoms with E-state index in [0.717, 1.165) is 12.8 Å². The summed E-state index contributed by atoms with van der Waals surface area (Å²) in [6.07, 6.45) is 4.46. The lowest BCUT2D eigenvalue weighted by atomic mass is 9.91. The molecule has 2 rings (SSSR count). The van der Waals surface area contributed by atoms with E-state index in [-0.39, 0.29) is 5.92 Å². The maximum absolute atomic E-state index is 11.6. The van der Waals surface area contributed by atoms with Gasteiger partial charge in [-0.2, -0.15) is 0 Å². The van der Waals surface area contributed by atoms with Gasteiger partial charge in [0.25, 0.3) is 0 Å². The largest absolute Gasteiger partial charge is 0.388 e. The highest BCUT2D eigenvalue weighted by molar-refractivity contribution is 7.88. The Bertz CT molecular complexity index is 547. The van der Waals surface area contributed by atoms with Gasteiger partial charge in [0.1, 0.15) is 5.15 Å². The molecule has 5 nitrogen and oxygen atoms in total. The second-order valence-corrected chi connectivity index (χ2v) is 7.66. The fourth-order valence-corrected chi connectivity index (χ4v) is 3.61. The Morgan fingerprint density at radius 3 is 2.90 bits per heavy atom. The minimum absolute atomic E-state index is 0.171. The highest BCUT2D eigenvalue weighted by Crippen LogP contribution is 2.28. The van der Waals surface area contributed by atoms with Gasteiger partial charge in [-0.25, -0.2) is 17.7 Å². The van der Waals surface area contributed by atoms with Gasteiger partial charge in [-0.1, -0.05) is 17.7 Å². The molecule has 0 aromatic carbocycles. The maximum Gasteiger partial charge on any atom is 0.211 e. The summed E-state index contributed by atoms with van der Waals surface area (Å²) in [5.41, 5.74) is 0.714. The summed E-state index contributed by atoms with van der Waals surface area (Å²) in [6.45, 7) is 1.06. The van der Waals surface area contributed by atoms with Crippen molar-refractivity contribution in [1.82, 2.24) is 9.29 Å². The standard InChI is InChI=1S/C13H19ClN2O3S/c1-20(18,19)16-6-2-3-10(9-16)7-12(17)11-4-5-13(14)15-8-11/h4-5,8,10,12,17H,2-3,6-7,9H2,1H3. The maximum atomic E-state index is 11.6. The first kappa shape index (κ1) is 15.7. The molecule has 2 unspecified atom stereocenters. The molecule has 2 heterocycles. The van der Waals surface area contributed by atoms with Crippen LogP contribution < -0.4 is 0 Å². The summed E-state index contributed by atoms with van der Waals surface area (Å²) in [5, 5.41) is 10.6. The molecule has 0 amide bonds. The van der Waals surface area contributed by atoms with E-state index in [1.807, 2.05) is 0 Å². The second-order valence-electron chi connectivity index (χ2n) is 5.30. The first-order valence-electron chi connectivity index (χ1n) is 6.61. The number of nitrogens with zero attached hydrogens (tertiary/aromatic N) is 2. The van der Waals surface area contributed by atoms with Crippen molar-refractivity contribution in [2.75, 3.05) is 19.3 Å². The van der Waals surface area contributed by atoms with Crippen LogP contribution in [-0.4, -0.2) is 42.2 Å². The van der Waals surface area contributed by atoms with Crippen molar-refractivity contribution in [2.45, 2.75) is 25.4 Å². The van der Waals surface area contributed by atoms with Crippen LogP contribution in [0.15, 0.2) is 18.3 Å². The zero-order chi connectivity index (χ0) is 14.8. The lowest BCUT2D eigenvalue weighted by molar-refractivity contribution is 0.122. The number of aliphatic hydroxyl groups is 1. The van der Waals surface area contributed by atoms with Gasteiger partial charge in [0.2, 0.25) is 10.0 Å². The van der Waals surface area contributed by atoms with Gasteiger partial charge in [0.15, 0.2) is 0 Å². The van der Waals surface area contributed by atoms with Gasteiger partial charge in [-0.15, -0.1) is 0 Å². The lowest BCUT2D eigenvalue weighted by Crippen LogP contribution is -2.39. The lowest BCUT2D eigenvalue weighted by Gasteiger charge is -2.32. The number of pyridine rings is 1. The van der Waals surface area contributed by atoms with Gasteiger partial charge in [0, 0.05) is 19.3 Å².